The number of aryl methyl sites for hydroxylation is 1. The van der Waals surface area contributed by atoms with Gasteiger partial charge in [-0.05, 0) is 37.5 Å². The Bertz CT molecular complexity index is 273. The van der Waals surface area contributed by atoms with Gasteiger partial charge in [-0.2, -0.15) is 0 Å². The van der Waals surface area contributed by atoms with Crippen molar-refractivity contribution in [1.82, 2.24) is 0 Å². The number of hydrogen-bond acceptors (Lipinski definition) is 1. The number of ether oxygens (including phenoxy) is 1. The van der Waals surface area contributed by atoms with Crippen LogP contribution in [0.2, 0.25) is 0 Å². The summed E-state index contributed by atoms with van der Waals surface area (Å²) in [7, 11) is 0. The molecule has 0 saturated carbocycles. The SMILES string of the molecule is Cc1cccc(OCCCCCCCl)c1. The summed E-state index contributed by atoms with van der Waals surface area (Å²) in [4.78, 5) is 0. The van der Waals surface area contributed by atoms with Gasteiger partial charge in [-0.25, -0.2) is 0 Å². The molecule has 0 aliphatic heterocycles. The van der Waals surface area contributed by atoms with Crippen LogP contribution in [0.1, 0.15) is 31.2 Å². The third-order valence-electron chi connectivity index (χ3n) is 2.29. The van der Waals surface area contributed by atoms with Crippen molar-refractivity contribution in [1.29, 1.82) is 0 Å². The third kappa shape index (κ3) is 5.68. The summed E-state index contributed by atoms with van der Waals surface area (Å²) in [6, 6.07) is 8.18. The summed E-state index contributed by atoms with van der Waals surface area (Å²) in [5.74, 6) is 1.76. The van der Waals surface area contributed by atoms with Crippen LogP contribution in [0.3, 0.4) is 0 Å². The van der Waals surface area contributed by atoms with Gasteiger partial charge in [0.1, 0.15) is 5.75 Å². The molecule has 0 spiro atoms. The summed E-state index contributed by atoms with van der Waals surface area (Å²) in [6.07, 6.45) is 4.65. The Kier molecular flexibility index (Phi) is 6.26. The number of alkyl halides is 1. The van der Waals surface area contributed by atoms with Gasteiger partial charge in [-0.15, -0.1) is 11.6 Å². The van der Waals surface area contributed by atoms with Crippen LogP contribution in [-0.2, 0) is 0 Å². The summed E-state index contributed by atoms with van der Waals surface area (Å²) in [5, 5.41) is 0. The van der Waals surface area contributed by atoms with E-state index in [2.05, 4.69) is 19.1 Å². The van der Waals surface area contributed by atoms with Gasteiger partial charge in [-0.1, -0.05) is 25.0 Å². The topological polar surface area (TPSA) is 9.23 Å². The second-order valence-corrected chi connectivity index (χ2v) is 4.15. The number of hydrogen-bond donors (Lipinski definition) is 0. The lowest BCUT2D eigenvalue weighted by molar-refractivity contribution is 0.305. The van der Waals surface area contributed by atoms with E-state index in [1.54, 1.807) is 0 Å². The molecule has 1 rings (SSSR count). The Labute approximate surface area is 97.4 Å². The fraction of sp³-hybridized carbons (Fsp3) is 0.538. The molecule has 1 nitrogen and oxygen atoms in total. The van der Waals surface area contributed by atoms with Gasteiger partial charge in [0.2, 0.25) is 0 Å². The lowest BCUT2D eigenvalue weighted by atomic mass is 10.2. The smallest absolute Gasteiger partial charge is 0.119 e. The molecule has 0 heterocycles. The van der Waals surface area contributed by atoms with E-state index < -0.39 is 0 Å². The highest BCUT2D eigenvalue weighted by Crippen LogP contribution is 2.13. The van der Waals surface area contributed by atoms with Gasteiger partial charge in [0.05, 0.1) is 6.61 Å². The van der Waals surface area contributed by atoms with E-state index in [0.29, 0.717) is 0 Å². The van der Waals surface area contributed by atoms with E-state index in [1.807, 2.05) is 12.1 Å². The van der Waals surface area contributed by atoms with Crippen molar-refractivity contribution >= 4 is 11.6 Å². The van der Waals surface area contributed by atoms with Crippen LogP contribution in [0.25, 0.3) is 0 Å². The van der Waals surface area contributed by atoms with Gasteiger partial charge in [0.25, 0.3) is 0 Å². The molecular weight excluding hydrogens is 208 g/mol. The Morgan fingerprint density at radius 1 is 1.13 bits per heavy atom. The summed E-state index contributed by atoms with van der Waals surface area (Å²) in [5.41, 5.74) is 1.25. The van der Waals surface area contributed by atoms with Gasteiger partial charge >= 0.3 is 0 Å². The minimum absolute atomic E-state index is 0.777. The quantitative estimate of drug-likeness (QED) is 0.501. The lowest BCUT2D eigenvalue weighted by Gasteiger charge is -2.06. The molecular formula is C13H19ClO. The maximum Gasteiger partial charge on any atom is 0.119 e. The molecule has 1 aromatic rings. The highest BCUT2D eigenvalue weighted by molar-refractivity contribution is 6.17. The Hall–Kier alpha value is -0.690. The maximum absolute atomic E-state index is 5.63. The summed E-state index contributed by atoms with van der Waals surface area (Å²) >= 11 is 5.60. The molecule has 0 aromatic heterocycles. The molecule has 0 unspecified atom stereocenters. The number of rotatable bonds is 7. The zero-order valence-electron chi connectivity index (χ0n) is 9.34. The van der Waals surface area contributed by atoms with Crippen LogP contribution in [-0.4, -0.2) is 12.5 Å². The molecule has 0 radical (unpaired) electrons. The highest BCUT2D eigenvalue weighted by atomic mass is 35.5. The first-order chi connectivity index (χ1) is 7.33. The van der Waals surface area contributed by atoms with Crippen LogP contribution in [0, 0.1) is 6.92 Å². The normalized spacial score (nSPS) is 10.3. The summed E-state index contributed by atoms with van der Waals surface area (Å²) in [6.45, 7) is 2.89. The van der Waals surface area contributed by atoms with Gasteiger partial charge < -0.3 is 4.74 Å². The molecule has 15 heavy (non-hydrogen) atoms. The Balaban J connectivity index is 2.10. The van der Waals surface area contributed by atoms with Gasteiger partial charge in [-0.3, -0.25) is 0 Å². The van der Waals surface area contributed by atoms with Crippen LogP contribution in [0.4, 0.5) is 0 Å². The van der Waals surface area contributed by atoms with Crippen molar-refractivity contribution in [2.24, 2.45) is 0 Å². The molecule has 0 atom stereocenters. The summed E-state index contributed by atoms with van der Waals surface area (Å²) < 4.78 is 5.63. The van der Waals surface area contributed by atoms with Crippen molar-refractivity contribution in [3.8, 4) is 5.75 Å². The van der Waals surface area contributed by atoms with E-state index in [0.717, 1.165) is 31.1 Å². The molecule has 0 fully saturated rings. The Morgan fingerprint density at radius 2 is 1.93 bits per heavy atom. The van der Waals surface area contributed by atoms with Crippen LogP contribution >= 0.6 is 11.6 Å². The second kappa shape index (κ2) is 7.58. The van der Waals surface area contributed by atoms with Crippen molar-refractivity contribution in [3.63, 3.8) is 0 Å². The van der Waals surface area contributed by atoms with Crippen LogP contribution in [0.5, 0.6) is 5.75 Å². The van der Waals surface area contributed by atoms with Crippen molar-refractivity contribution in [3.05, 3.63) is 29.8 Å². The Morgan fingerprint density at radius 3 is 2.67 bits per heavy atom. The largest absolute Gasteiger partial charge is 0.494 e. The molecule has 84 valence electrons. The number of unbranched alkanes of at least 4 members (excludes halogenated alkanes) is 3. The van der Waals surface area contributed by atoms with E-state index in [1.165, 1.54) is 18.4 Å². The monoisotopic (exact) mass is 226 g/mol. The minimum atomic E-state index is 0.777. The first-order valence-electron chi connectivity index (χ1n) is 5.58. The van der Waals surface area contributed by atoms with E-state index >= 15 is 0 Å². The van der Waals surface area contributed by atoms with Crippen LogP contribution < -0.4 is 4.74 Å². The van der Waals surface area contributed by atoms with Crippen molar-refractivity contribution < 1.29 is 4.74 Å². The predicted molar refractivity (Wildman–Crippen MR) is 65.9 cm³/mol. The molecule has 0 N–H and O–H groups in total. The first kappa shape index (κ1) is 12.4. The fourth-order valence-corrected chi connectivity index (χ4v) is 1.63. The van der Waals surface area contributed by atoms with E-state index in [-0.39, 0.29) is 0 Å². The van der Waals surface area contributed by atoms with Crippen molar-refractivity contribution in [2.75, 3.05) is 12.5 Å². The first-order valence-corrected chi connectivity index (χ1v) is 6.12. The fourth-order valence-electron chi connectivity index (χ4n) is 1.45. The maximum atomic E-state index is 5.63. The average molecular weight is 227 g/mol. The van der Waals surface area contributed by atoms with E-state index in [9.17, 15) is 0 Å². The zero-order chi connectivity index (χ0) is 10.9. The molecule has 0 amide bonds. The minimum Gasteiger partial charge on any atom is -0.494 e. The average Bonchev–Trinajstić information content (AvgIpc) is 2.23. The van der Waals surface area contributed by atoms with Crippen LogP contribution in [0.15, 0.2) is 24.3 Å². The third-order valence-corrected chi connectivity index (χ3v) is 2.55. The molecule has 0 aliphatic carbocycles. The predicted octanol–water partition coefficient (Wildman–Crippen LogP) is 4.17. The molecule has 1 aromatic carbocycles. The molecule has 0 saturated heterocycles. The molecule has 0 bridgehead atoms. The standard InChI is InChI=1S/C13H19ClO/c1-12-7-6-8-13(11-12)15-10-5-3-2-4-9-14/h6-8,11H,2-5,9-10H2,1H3. The molecule has 2 heteroatoms. The zero-order valence-corrected chi connectivity index (χ0v) is 10.1. The number of halogens is 1. The van der Waals surface area contributed by atoms with E-state index in [4.69, 9.17) is 16.3 Å². The van der Waals surface area contributed by atoms with Gasteiger partial charge in [0, 0.05) is 5.88 Å². The highest BCUT2D eigenvalue weighted by Gasteiger charge is 1.94. The molecule has 0 aliphatic rings. The second-order valence-electron chi connectivity index (χ2n) is 3.77. The van der Waals surface area contributed by atoms with Crippen molar-refractivity contribution in [2.45, 2.75) is 32.6 Å². The number of benzene rings is 1. The lowest BCUT2D eigenvalue weighted by Crippen LogP contribution is -1.97. The van der Waals surface area contributed by atoms with Gasteiger partial charge in [0.15, 0.2) is 0 Å².